The molecule has 0 bridgehead atoms. The van der Waals surface area contributed by atoms with Crippen molar-refractivity contribution in [2.45, 2.75) is 25.7 Å². The van der Waals surface area contributed by atoms with Gasteiger partial charge >= 0.3 is 0 Å². The zero-order valence-corrected chi connectivity index (χ0v) is 6.43. The van der Waals surface area contributed by atoms with E-state index in [0.717, 1.165) is 0 Å². The summed E-state index contributed by atoms with van der Waals surface area (Å²) in [4.78, 5) is 0. The third-order valence-corrected chi connectivity index (χ3v) is 1.65. The Labute approximate surface area is 56.0 Å². The summed E-state index contributed by atoms with van der Waals surface area (Å²) in [6, 6.07) is -0.0532. The third kappa shape index (κ3) is 2.30. The van der Waals surface area contributed by atoms with Crippen molar-refractivity contribution in [2.24, 2.45) is 0 Å². The molecule has 0 aliphatic heterocycles. The lowest BCUT2D eigenvalue weighted by Gasteiger charge is -2.27. The SMILES string of the molecule is CN[C@@H](C)C(C)(O)OC. The summed E-state index contributed by atoms with van der Waals surface area (Å²) < 4.78 is 4.78. The maximum Gasteiger partial charge on any atom is 0.177 e. The molecule has 0 aromatic rings. The molecule has 0 aliphatic carbocycles. The van der Waals surface area contributed by atoms with Crippen LogP contribution < -0.4 is 5.32 Å². The lowest BCUT2D eigenvalue weighted by molar-refractivity contribution is -0.187. The average molecular weight is 133 g/mol. The summed E-state index contributed by atoms with van der Waals surface area (Å²) in [6.45, 7) is 3.47. The number of ether oxygens (including phenoxy) is 1. The molecule has 0 rings (SSSR count). The van der Waals surface area contributed by atoms with Gasteiger partial charge in [0.15, 0.2) is 5.79 Å². The zero-order valence-electron chi connectivity index (χ0n) is 6.43. The lowest BCUT2D eigenvalue weighted by atomic mass is 10.1. The molecular formula is C6H15NO2. The molecule has 0 aliphatic rings. The molecule has 1 unspecified atom stereocenters. The van der Waals surface area contributed by atoms with E-state index >= 15 is 0 Å². The number of rotatable bonds is 3. The van der Waals surface area contributed by atoms with Gasteiger partial charge in [0.25, 0.3) is 0 Å². The van der Waals surface area contributed by atoms with Gasteiger partial charge in [-0.05, 0) is 20.9 Å². The minimum absolute atomic E-state index is 0.0532. The molecule has 0 fully saturated rings. The second-order valence-corrected chi connectivity index (χ2v) is 2.27. The summed E-state index contributed by atoms with van der Waals surface area (Å²) in [5.74, 6) is -1.06. The fraction of sp³-hybridized carbons (Fsp3) is 1.00. The van der Waals surface area contributed by atoms with Gasteiger partial charge in [0.2, 0.25) is 0 Å². The predicted molar refractivity (Wildman–Crippen MR) is 36.2 cm³/mol. The molecule has 56 valence electrons. The summed E-state index contributed by atoms with van der Waals surface area (Å²) in [5.41, 5.74) is 0. The Morgan fingerprint density at radius 1 is 1.67 bits per heavy atom. The molecule has 2 atom stereocenters. The van der Waals surface area contributed by atoms with Gasteiger partial charge in [-0.1, -0.05) is 0 Å². The molecule has 3 nitrogen and oxygen atoms in total. The van der Waals surface area contributed by atoms with Gasteiger partial charge in [-0.25, -0.2) is 0 Å². The highest BCUT2D eigenvalue weighted by atomic mass is 16.6. The van der Waals surface area contributed by atoms with E-state index < -0.39 is 5.79 Å². The van der Waals surface area contributed by atoms with Crippen molar-refractivity contribution < 1.29 is 9.84 Å². The number of nitrogens with one attached hydrogen (secondary N) is 1. The molecule has 0 heterocycles. The van der Waals surface area contributed by atoms with E-state index in [0.29, 0.717) is 0 Å². The smallest absolute Gasteiger partial charge is 0.177 e. The summed E-state index contributed by atoms with van der Waals surface area (Å²) in [7, 11) is 3.26. The van der Waals surface area contributed by atoms with E-state index in [9.17, 15) is 5.11 Å². The average Bonchev–Trinajstić information content (AvgIpc) is 1.86. The number of likely N-dealkylation sites (N-methyl/N-ethyl adjacent to an activating group) is 1. The maximum absolute atomic E-state index is 9.31. The molecule has 9 heavy (non-hydrogen) atoms. The summed E-state index contributed by atoms with van der Waals surface area (Å²) in [5, 5.41) is 12.2. The van der Waals surface area contributed by atoms with Crippen molar-refractivity contribution in [3.8, 4) is 0 Å². The van der Waals surface area contributed by atoms with Crippen LogP contribution in [-0.4, -0.2) is 31.1 Å². The van der Waals surface area contributed by atoms with Crippen LogP contribution in [0.2, 0.25) is 0 Å². The highest BCUT2D eigenvalue weighted by molar-refractivity contribution is 4.72. The number of methoxy groups -OCH3 is 1. The largest absolute Gasteiger partial charge is 0.364 e. The van der Waals surface area contributed by atoms with Gasteiger partial charge in [-0.3, -0.25) is 0 Å². The summed E-state index contributed by atoms with van der Waals surface area (Å²) >= 11 is 0. The first-order valence-corrected chi connectivity index (χ1v) is 2.99. The van der Waals surface area contributed by atoms with Gasteiger partial charge in [-0.2, -0.15) is 0 Å². The van der Waals surface area contributed by atoms with E-state index in [-0.39, 0.29) is 6.04 Å². The second-order valence-electron chi connectivity index (χ2n) is 2.27. The van der Waals surface area contributed by atoms with Crippen LogP contribution in [0.5, 0.6) is 0 Å². The van der Waals surface area contributed by atoms with E-state index in [1.54, 1.807) is 14.0 Å². The Hall–Kier alpha value is -0.120. The topological polar surface area (TPSA) is 41.5 Å². The molecule has 0 aromatic heterocycles. The Morgan fingerprint density at radius 2 is 2.11 bits per heavy atom. The number of hydrogen-bond acceptors (Lipinski definition) is 3. The van der Waals surface area contributed by atoms with Gasteiger partial charge in [0, 0.05) is 7.11 Å². The number of aliphatic hydroxyl groups is 1. The first kappa shape index (κ1) is 8.88. The molecular weight excluding hydrogens is 118 g/mol. The summed E-state index contributed by atoms with van der Waals surface area (Å²) in [6.07, 6.45) is 0. The van der Waals surface area contributed by atoms with Crippen LogP contribution in [0, 0.1) is 0 Å². The van der Waals surface area contributed by atoms with Crippen molar-refractivity contribution >= 4 is 0 Å². The molecule has 0 radical (unpaired) electrons. The van der Waals surface area contributed by atoms with Crippen LogP contribution in [0.4, 0.5) is 0 Å². The zero-order chi connectivity index (χ0) is 7.49. The highest BCUT2D eigenvalue weighted by Crippen LogP contribution is 2.08. The number of hydrogen-bond donors (Lipinski definition) is 2. The molecule has 0 amide bonds. The van der Waals surface area contributed by atoms with Crippen molar-refractivity contribution in [2.75, 3.05) is 14.2 Å². The van der Waals surface area contributed by atoms with E-state index in [1.807, 2.05) is 6.92 Å². The van der Waals surface area contributed by atoms with Crippen LogP contribution in [0.15, 0.2) is 0 Å². The van der Waals surface area contributed by atoms with E-state index in [4.69, 9.17) is 4.74 Å². The fourth-order valence-corrected chi connectivity index (χ4v) is 0.445. The second kappa shape index (κ2) is 3.15. The van der Waals surface area contributed by atoms with Crippen molar-refractivity contribution in [1.29, 1.82) is 0 Å². The fourth-order valence-electron chi connectivity index (χ4n) is 0.445. The Balaban J connectivity index is 3.80. The standard InChI is InChI=1S/C6H15NO2/c1-5(7-3)6(2,8)9-4/h5,7-8H,1-4H3/t5-,6?/m0/s1. The van der Waals surface area contributed by atoms with Crippen LogP contribution in [-0.2, 0) is 4.74 Å². The Bertz CT molecular complexity index is 83.1. The van der Waals surface area contributed by atoms with E-state index in [1.165, 1.54) is 7.11 Å². The molecule has 0 spiro atoms. The first-order valence-electron chi connectivity index (χ1n) is 2.99. The predicted octanol–water partition coefficient (Wildman–Crippen LogP) is -0.0508. The molecule has 0 aromatic carbocycles. The van der Waals surface area contributed by atoms with Gasteiger partial charge in [-0.15, -0.1) is 0 Å². The maximum atomic E-state index is 9.31. The van der Waals surface area contributed by atoms with Crippen LogP contribution in [0.3, 0.4) is 0 Å². The highest BCUT2D eigenvalue weighted by Gasteiger charge is 2.25. The van der Waals surface area contributed by atoms with E-state index in [2.05, 4.69) is 5.32 Å². The third-order valence-electron chi connectivity index (χ3n) is 1.65. The van der Waals surface area contributed by atoms with Crippen molar-refractivity contribution in [1.82, 2.24) is 5.32 Å². The van der Waals surface area contributed by atoms with Crippen molar-refractivity contribution in [3.05, 3.63) is 0 Å². The first-order chi connectivity index (χ1) is 4.04. The minimum atomic E-state index is -1.06. The molecule has 0 saturated heterocycles. The quantitative estimate of drug-likeness (QED) is 0.530. The van der Waals surface area contributed by atoms with Crippen LogP contribution >= 0.6 is 0 Å². The lowest BCUT2D eigenvalue weighted by Crippen LogP contribution is -2.46. The molecule has 0 saturated carbocycles. The molecule has 2 N–H and O–H groups in total. The van der Waals surface area contributed by atoms with Gasteiger partial charge in [0.1, 0.15) is 0 Å². The molecule has 3 heteroatoms. The minimum Gasteiger partial charge on any atom is -0.364 e. The van der Waals surface area contributed by atoms with Crippen molar-refractivity contribution in [3.63, 3.8) is 0 Å². The van der Waals surface area contributed by atoms with Gasteiger partial charge in [0.05, 0.1) is 6.04 Å². The monoisotopic (exact) mass is 133 g/mol. The van der Waals surface area contributed by atoms with Crippen LogP contribution in [0.25, 0.3) is 0 Å². The van der Waals surface area contributed by atoms with Crippen LogP contribution in [0.1, 0.15) is 13.8 Å². The normalized spacial score (nSPS) is 21.0. The Kier molecular flexibility index (Phi) is 3.11. The Morgan fingerprint density at radius 3 is 2.22 bits per heavy atom. The van der Waals surface area contributed by atoms with Gasteiger partial charge < -0.3 is 15.2 Å².